The molecule has 0 aliphatic heterocycles. The number of fused-ring (bicyclic) bond motifs is 1. The van der Waals surface area contributed by atoms with Gasteiger partial charge in [0.2, 0.25) is 15.9 Å². The molecule has 172 valence electrons. The van der Waals surface area contributed by atoms with Gasteiger partial charge in [-0.05, 0) is 67.1 Å². The van der Waals surface area contributed by atoms with E-state index < -0.39 is 10.0 Å². The van der Waals surface area contributed by atoms with E-state index in [9.17, 15) is 13.2 Å². The zero-order valence-electron chi connectivity index (χ0n) is 18.5. The van der Waals surface area contributed by atoms with E-state index in [1.165, 1.54) is 9.87 Å². The minimum absolute atomic E-state index is 0.0715. The van der Waals surface area contributed by atoms with Gasteiger partial charge in [-0.15, -0.1) is 0 Å². The predicted molar refractivity (Wildman–Crippen MR) is 130 cm³/mol. The van der Waals surface area contributed by atoms with Crippen molar-refractivity contribution in [3.05, 3.63) is 100 Å². The van der Waals surface area contributed by atoms with Crippen molar-refractivity contribution in [3.8, 4) is 0 Å². The summed E-state index contributed by atoms with van der Waals surface area (Å²) in [5.41, 5.74) is 4.07. The number of halogens is 1. The summed E-state index contributed by atoms with van der Waals surface area (Å²) in [6.45, 7) is 1.71. The van der Waals surface area contributed by atoms with Gasteiger partial charge in [-0.1, -0.05) is 65.7 Å². The summed E-state index contributed by atoms with van der Waals surface area (Å²) in [6, 6.07) is 21.6. The molecule has 1 atom stereocenters. The van der Waals surface area contributed by atoms with Crippen molar-refractivity contribution < 1.29 is 13.2 Å². The minimum atomic E-state index is -3.88. The van der Waals surface area contributed by atoms with Crippen LogP contribution in [0, 0.1) is 6.92 Å². The Labute approximate surface area is 200 Å². The van der Waals surface area contributed by atoms with Crippen LogP contribution in [0.4, 0.5) is 0 Å². The lowest BCUT2D eigenvalue weighted by atomic mass is 9.88. The molecule has 1 amide bonds. The molecule has 0 aromatic heterocycles. The first-order valence-electron chi connectivity index (χ1n) is 11.0. The maximum atomic E-state index is 13.5. The second kappa shape index (κ2) is 10.1. The lowest BCUT2D eigenvalue weighted by Crippen LogP contribution is -2.42. The number of rotatable bonds is 7. The molecule has 0 heterocycles. The van der Waals surface area contributed by atoms with Gasteiger partial charge in [0.05, 0.1) is 17.5 Å². The van der Waals surface area contributed by atoms with Crippen LogP contribution >= 0.6 is 11.6 Å². The smallest absolute Gasteiger partial charge is 0.243 e. The highest BCUT2D eigenvalue weighted by molar-refractivity contribution is 7.89. The zero-order chi connectivity index (χ0) is 23.4. The SMILES string of the molecule is Cc1ccc(S(=O)(=O)N(CC(=O)N[C@@H]2CCCc3ccccc32)Cc2ccc(Cl)cc2)cc1. The Bertz CT molecular complexity index is 1230. The van der Waals surface area contributed by atoms with Crippen molar-refractivity contribution in [2.45, 2.75) is 43.7 Å². The quantitative estimate of drug-likeness (QED) is 0.513. The molecule has 0 bridgehead atoms. The van der Waals surface area contributed by atoms with Crippen LogP contribution < -0.4 is 5.32 Å². The number of carbonyl (C=O) groups excluding carboxylic acids is 1. The number of hydrogen-bond acceptors (Lipinski definition) is 3. The molecular weight excluding hydrogens is 456 g/mol. The fourth-order valence-corrected chi connectivity index (χ4v) is 5.69. The Kier molecular flexibility index (Phi) is 7.17. The number of hydrogen-bond donors (Lipinski definition) is 1. The third kappa shape index (κ3) is 5.64. The van der Waals surface area contributed by atoms with E-state index in [0.29, 0.717) is 5.02 Å². The topological polar surface area (TPSA) is 66.5 Å². The van der Waals surface area contributed by atoms with Crippen LogP contribution in [0.2, 0.25) is 5.02 Å². The van der Waals surface area contributed by atoms with Crippen LogP contribution in [0.15, 0.2) is 77.7 Å². The molecule has 0 fully saturated rings. The maximum absolute atomic E-state index is 13.5. The molecule has 5 nitrogen and oxygen atoms in total. The normalized spacial score (nSPS) is 15.8. The van der Waals surface area contributed by atoms with Crippen molar-refractivity contribution in [1.82, 2.24) is 9.62 Å². The zero-order valence-corrected chi connectivity index (χ0v) is 20.1. The standard InChI is InChI=1S/C26H27ClN2O3S/c1-19-9-15-23(16-10-19)33(31,32)29(17-20-11-13-22(27)14-12-20)18-26(30)28-25-8-4-6-21-5-2-3-7-24(21)25/h2-3,5,7,9-16,25H,4,6,8,17-18H2,1H3,(H,28,30)/t25-/m1/s1. The molecule has 0 unspecified atom stereocenters. The molecule has 7 heteroatoms. The molecular formula is C26H27ClN2O3S. The average Bonchev–Trinajstić information content (AvgIpc) is 2.80. The van der Waals surface area contributed by atoms with Crippen molar-refractivity contribution in [3.63, 3.8) is 0 Å². The molecule has 0 spiro atoms. The van der Waals surface area contributed by atoms with Crippen molar-refractivity contribution in [1.29, 1.82) is 0 Å². The number of carbonyl (C=O) groups is 1. The minimum Gasteiger partial charge on any atom is -0.348 e. The second-order valence-corrected chi connectivity index (χ2v) is 10.8. The first kappa shape index (κ1) is 23.5. The van der Waals surface area contributed by atoms with Crippen LogP contribution in [0.5, 0.6) is 0 Å². The van der Waals surface area contributed by atoms with E-state index >= 15 is 0 Å². The summed E-state index contributed by atoms with van der Waals surface area (Å²) in [5, 5.41) is 3.64. The predicted octanol–water partition coefficient (Wildman–Crippen LogP) is 5.03. The van der Waals surface area contributed by atoms with Crippen LogP contribution in [0.3, 0.4) is 0 Å². The highest BCUT2D eigenvalue weighted by atomic mass is 35.5. The van der Waals surface area contributed by atoms with E-state index in [1.54, 1.807) is 48.5 Å². The van der Waals surface area contributed by atoms with Gasteiger partial charge < -0.3 is 5.32 Å². The number of sulfonamides is 1. The Morgan fingerprint density at radius 3 is 2.45 bits per heavy atom. The van der Waals surface area contributed by atoms with Gasteiger partial charge in [-0.25, -0.2) is 8.42 Å². The monoisotopic (exact) mass is 482 g/mol. The van der Waals surface area contributed by atoms with Crippen molar-refractivity contribution in [2.75, 3.05) is 6.54 Å². The number of nitrogens with zero attached hydrogens (tertiary/aromatic N) is 1. The summed E-state index contributed by atoms with van der Waals surface area (Å²) in [7, 11) is -3.88. The molecule has 1 aliphatic carbocycles. The summed E-state index contributed by atoms with van der Waals surface area (Å²) in [4.78, 5) is 13.2. The lowest BCUT2D eigenvalue weighted by Gasteiger charge is -2.28. The number of aryl methyl sites for hydroxylation is 2. The molecule has 0 radical (unpaired) electrons. The third-order valence-electron chi connectivity index (χ3n) is 5.96. The fourth-order valence-electron chi connectivity index (χ4n) is 4.18. The fraction of sp³-hybridized carbons (Fsp3) is 0.269. The second-order valence-electron chi connectivity index (χ2n) is 8.42. The third-order valence-corrected chi connectivity index (χ3v) is 8.01. The van der Waals surface area contributed by atoms with Crippen LogP contribution in [-0.2, 0) is 27.8 Å². The molecule has 0 saturated carbocycles. The highest BCUT2D eigenvalue weighted by Crippen LogP contribution is 2.29. The van der Waals surface area contributed by atoms with Gasteiger partial charge in [-0.3, -0.25) is 4.79 Å². The Morgan fingerprint density at radius 2 is 1.73 bits per heavy atom. The molecule has 33 heavy (non-hydrogen) atoms. The average molecular weight is 483 g/mol. The Morgan fingerprint density at radius 1 is 1.03 bits per heavy atom. The van der Waals surface area contributed by atoms with Gasteiger partial charge in [0.1, 0.15) is 0 Å². The molecule has 4 rings (SSSR count). The van der Waals surface area contributed by atoms with Gasteiger partial charge >= 0.3 is 0 Å². The van der Waals surface area contributed by atoms with Crippen molar-refractivity contribution >= 4 is 27.5 Å². The molecule has 1 aliphatic rings. The molecule has 0 saturated heterocycles. The van der Waals surface area contributed by atoms with Gasteiger partial charge in [0.25, 0.3) is 0 Å². The van der Waals surface area contributed by atoms with Crippen LogP contribution in [0.1, 0.15) is 41.1 Å². The van der Waals surface area contributed by atoms with E-state index in [-0.39, 0.29) is 29.9 Å². The van der Waals surface area contributed by atoms with E-state index in [2.05, 4.69) is 11.4 Å². The summed E-state index contributed by atoms with van der Waals surface area (Å²) >= 11 is 5.99. The van der Waals surface area contributed by atoms with E-state index in [0.717, 1.165) is 36.0 Å². The first-order chi connectivity index (χ1) is 15.8. The maximum Gasteiger partial charge on any atom is 0.243 e. The van der Waals surface area contributed by atoms with Crippen molar-refractivity contribution in [2.24, 2.45) is 0 Å². The van der Waals surface area contributed by atoms with Crippen LogP contribution in [-0.4, -0.2) is 25.2 Å². The van der Waals surface area contributed by atoms with E-state index in [1.807, 2.05) is 25.1 Å². The Hall–Kier alpha value is -2.67. The van der Waals surface area contributed by atoms with E-state index in [4.69, 9.17) is 11.6 Å². The summed E-state index contributed by atoms with van der Waals surface area (Å²) in [5.74, 6) is -0.318. The summed E-state index contributed by atoms with van der Waals surface area (Å²) < 4.78 is 28.1. The Balaban J connectivity index is 1.57. The first-order valence-corrected chi connectivity index (χ1v) is 12.8. The number of amides is 1. The number of benzene rings is 3. The van der Waals surface area contributed by atoms with Crippen LogP contribution in [0.25, 0.3) is 0 Å². The molecule has 1 N–H and O–H groups in total. The largest absolute Gasteiger partial charge is 0.348 e. The van der Waals surface area contributed by atoms with Gasteiger partial charge in [0.15, 0.2) is 0 Å². The van der Waals surface area contributed by atoms with Gasteiger partial charge in [-0.2, -0.15) is 4.31 Å². The lowest BCUT2D eigenvalue weighted by molar-refractivity contribution is -0.122. The highest BCUT2D eigenvalue weighted by Gasteiger charge is 2.29. The number of nitrogens with one attached hydrogen (secondary N) is 1. The molecule has 3 aromatic carbocycles. The molecule has 3 aromatic rings. The summed E-state index contributed by atoms with van der Waals surface area (Å²) in [6.07, 6.45) is 2.82. The van der Waals surface area contributed by atoms with Gasteiger partial charge in [0, 0.05) is 11.6 Å².